The maximum absolute atomic E-state index is 12.3. The van der Waals surface area contributed by atoms with Gasteiger partial charge in [-0.05, 0) is 34.9 Å². The summed E-state index contributed by atoms with van der Waals surface area (Å²) in [5.41, 5.74) is -0.313. The fourth-order valence-electron chi connectivity index (χ4n) is 2.14. The summed E-state index contributed by atoms with van der Waals surface area (Å²) in [4.78, 5) is 12.7. The van der Waals surface area contributed by atoms with Crippen molar-refractivity contribution < 1.29 is 22.7 Å². The van der Waals surface area contributed by atoms with Crippen LogP contribution in [0.25, 0.3) is 0 Å². The molecule has 0 aromatic carbocycles. The van der Waals surface area contributed by atoms with E-state index in [1.54, 1.807) is 6.92 Å². The molecule has 1 aromatic heterocycles. The molecule has 20 heavy (non-hydrogen) atoms. The Balaban J connectivity index is 3.20. The third-order valence-corrected chi connectivity index (χ3v) is 4.42. The Morgan fingerprint density at radius 1 is 1.35 bits per heavy atom. The number of hydrogen-bond donors (Lipinski definition) is 2. The van der Waals surface area contributed by atoms with Crippen LogP contribution in [0.1, 0.15) is 28.8 Å². The molecule has 1 unspecified atom stereocenters. The van der Waals surface area contributed by atoms with Gasteiger partial charge in [-0.1, -0.05) is 0 Å². The number of rotatable bonds is 6. The van der Waals surface area contributed by atoms with Gasteiger partial charge in [0, 0.05) is 12.6 Å². The Morgan fingerprint density at radius 3 is 2.35 bits per heavy atom. The van der Waals surface area contributed by atoms with Crippen LogP contribution < -0.4 is 4.72 Å². The van der Waals surface area contributed by atoms with Gasteiger partial charge >= 0.3 is 5.97 Å². The van der Waals surface area contributed by atoms with Crippen LogP contribution in [0.4, 0.5) is 0 Å². The third kappa shape index (κ3) is 3.59. The first-order valence-electron chi connectivity index (χ1n) is 6.06. The Hall–Kier alpha value is -1.38. The second kappa shape index (κ2) is 5.94. The Bertz CT molecular complexity index is 604. The largest absolute Gasteiger partial charge is 0.478 e. The molecule has 8 heteroatoms. The summed E-state index contributed by atoms with van der Waals surface area (Å²) in [5, 5.41) is 9.14. The zero-order valence-electron chi connectivity index (χ0n) is 12.2. The van der Waals surface area contributed by atoms with Crippen LogP contribution in [-0.4, -0.2) is 51.1 Å². The van der Waals surface area contributed by atoms with E-state index < -0.39 is 16.0 Å². The molecule has 1 aromatic rings. The van der Waals surface area contributed by atoms with Gasteiger partial charge in [0.1, 0.15) is 22.0 Å². The molecule has 0 aliphatic heterocycles. The first-order chi connectivity index (χ1) is 9.06. The first kappa shape index (κ1) is 16.7. The van der Waals surface area contributed by atoms with E-state index in [0.717, 1.165) is 0 Å². The van der Waals surface area contributed by atoms with Gasteiger partial charge in [-0.25, -0.2) is 17.9 Å². The molecule has 0 saturated carbocycles. The minimum Gasteiger partial charge on any atom is -0.478 e. The molecule has 0 aliphatic carbocycles. The minimum absolute atomic E-state index is 0.0736. The van der Waals surface area contributed by atoms with Crippen molar-refractivity contribution in [3.05, 3.63) is 17.1 Å². The molecule has 0 spiro atoms. The van der Waals surface area contributed by atoms with Crippen molar-refractivity contribution in [1.29, 1.82) is 0 Å². The molecule has 0 bridgehead atoms. The molecule has 0 aliphatic rings. The topological polar surface area (TPSA) is 99.9 Å². The van der Waals surface area contributed by atoms with Crippen LogP contribution in [0.15, 0.2) is 9.31 Å². The number of aryl methyl sites for hydroxylation is 2. The summed E-state index contributed by atoms with van der Waals surface area (Å²) in [6.45, 7) is 5.07. The number of likely N-dealkylation sites (N-methyl/N-ethyl adjacent to an activating group) is 1. The summed E-state index contributed by atoms with van der Waals surface area (Å²) in [6.07, 6.45) is 0. The average Bonchev–Trinajstić information content (AvgIpc) is 2.51. The minimum atomic E-state index is -3.94. The molecule has 0 saturated heterocycles. The number of nitrogens with one attached hydrogen (secondary N) is 1. The summed E-state index contributed by atoms with van der Waals surface area (Å²) < 4.78 is 32.3. The predicted octanol–water partition coefficient (Wildman–Crippen LogP) is 0.823. The molecule has 0 amide bonds. The normalized spacial score (nSPS) is 13.7. The quantitative estimate of drug-likeness (QED) is 0.807. The van der Waals surface area contributed by atoms with E-state index in [4.69, 9.17) is 9.52 Å². The van der Waals surface area contributed by atoms with Gasteiger partial charge in [0.15, 0.2) is 0 Å². The zero-order chi connectivity index (χ0) is 15.7. The van der Waals surface area contributed by atoms with E-state index in [1.165, 1.54) is 13.8 Å². The Labute approximate surface area is 118 Å². The second-order valence-corrected chi connectivity index (χ2v) is 6.66. The fourth-order valence-corrected chi connectivity index (χ4v) is 3.78. The molecule has 1 atom stereocenters. The van der Waals surface area contributed by atoms with Gasteiger partial charge < -0.3 is 14.4 Å². The lowest BCUT2D eigenvalue weighted by molar-refractivity contribution is 0.0691. The van der Waals surface area contributed by atoms with Crippen molar-refractivity contribution in [2.24, 2.45) is 0 Å². The molecular weight excluding hydrogens is 284 g/mol. The highest BCUT2D eigenvalue weighted by Gasteiger charge is 2.31. The number of sulfonamides is 1. The number of nitrogens with zero attached hydrogens (tertiary/aromatic N) is 1. The lowest BCUT2D eigenvalue weighted by Gasteiger charge is -2.18. The van der Waals surface area contributed by atoms with Crippen LogP contribution in [0.5, 0.6) is 0 Å². The number of aromatic carboxylic acids is 1. The van der Waals surface area contributed by atoms with E-state index >= 15 is 0 Å². The third-order valence-electron chi connectivity index (χ3n) is 2.68. The Morgan fingerprint density at radius 2 is 1.90 bits per heavy atom. The molecular formula is C12H20N2O5S. The van der Waals surface area contributed by atoms with Crippen LogP contribution in [0.3, 0.4) is 0 Å². The summed E-state index contributed by atoms with van der Waals surface area (Å²) in [7, 11) is -0.302. The van der Waals surface area contributed by atoms with Crippen LogP contribution in [0, 0.1) is 13.8 Å². The number of furan rings is 1. The molecule has 1 rings (SSSR count). The van der Waals surface area contributed by atoms with Gasteiger partial charge in [-0.3, -0.25) is 0 Å². The second-order valence-electron chi connectivity index (χ2n) is 5.01. The number of carboxylic acids is 1. The van der Waals surface area contributed by atoms with Crippen molar-refractivity contribution in [3.63, 3.8) is 0 Å². The molecule has 7 nitrogen and oxygen atoms in total. The van der Waals surface area contributed by atoms with Gasteiger partial charge in [0.25, 0.3) is 0 Å². The standard InChI is InChI=1S/C12H20N2O5S/c1-7(6-14(4)5)13-20(17,18)11-9(3)19-8(2)10(11)12(15)16/h7,13H,6H2,1-5H3,(H,15,16). The molecule has 0 radical (unpaired) electrons. The van der Waals surface area contributed by atoms with Crippen LogP contribution in [-0.2, 0) is 10.0 Å². The van der Waals surface area contributed by atoms with Crippen molar-refractivity contribution >= 4 is 16.0 Å². The van der Waals surface area contributed by atoms with Gasteiger partial charge in [0.2, 0.25) is 10.0 Å². The van der Waals surface area contributed by atoms with Crippen LogP contribution in [0.2, 0.25) is 0 Å². The fraction of sp³-hybridized carbons (Fsp3) is 0.583. The maximum Gasteiger partial charge on any atom is 0.340 e. The van der Waals surface area contributed by atoms with Gasteiger partial charge in [0.05, 0.1) is 0 Å². The van der Waals surface area contributed by atoms with Crippen LogP contribution >= 0.6 is 0 Å². The van der Waals surface area contributed by atoms with Crippen molar-refractivity contribution in [2.45, 2.75) is 31.7 Å². The monoisotopic (exact) mass is 304 g/mol. The van der Waals surface area contributed by atoms with E-state index in [9.17, 15) is 13.2 Å². The molecule has 0 fully saturated rings. The number of carbonyl (C=O) groups is 1. The van der Waals surface area contributed by atoms with Crippen molar-refractivity contribution in [3.8, 4) is 0 Å². The highest BCUT2D eigenvalue weighted by atomic mass is 32.2. The smallest absolute Gasteiger partial charge is 0.340 e. The first-order valence-corrected chi connectivity index (χ1v) is 7.55. The highest BCUT2D eigenvalue weighted by molar-refractivity contribution is 7.89. The van der Waals surface area contributed by atoms with Gasteiger partial charge in [-0.15, -0.1) is 0 Å². The molecule has 2 N–H and O–H groups in total. The maximum atomic E-state index is 12.3. The SMILES string of the molecule is Cc1oc(C)c(S(=O)(=O)NC(C)CN(C)C)c1C(=O)O. The van der Waals surface area contributed by atoms with Crippen molar-refractivity contribution in [1.82, 2.24) is 9.62 Å². The lowest BCUT2D eigenvalue weighted by Crippen LogP contribution is -2.40. The van der Waals surface area contributed by atoms with E-state index in [2.05, 4.69) is 4.72 Å². The van der Waals surface area contributed by atoms with Crippen molar-refractivity contribution in [2.75, 3.05) is 20.6 Å². The summed E-state index contributed by atoms with van der Waals surface area (Å²) in [6, 6.07) is -0.355. The summed E-state index contributed by atoms with van der Waals surface area (Å²) >= 11 is 0. The van der Waals surface area contributed by atoms with Gasteiger partial charge in [-0.2, -0.15) is 0 Å². The molecule has 114 valence electrons. The van der Waals surface area contributed by atoms with E-state index in [0.29, 0.717) is 6.54 Å². The van der Waals surface area contributed by atoms with E-state index in [1.807, 2.05) is 19.0 Å². The number of hydrogen-bond acceptors (Lipinski definition) is 5. The molecule has 1 heterocycles. The van der Waals surface area contributed by atoms with E-state index in [-0.39, 0.29) is 28.0 Å². The Kier molecular flexibility index (Phi) is 4.95. The summed E-state index contributed by atoms with van der Waals surface area (Å²) in [5.74, 6) is -1.17. The predicted molar refractivity (Wildman–Crippen MR) is 73.5 cm³/mol. The number of carboxylic acid groups (broad SMARTS) is 1. The zero-order valence-corrected chi connectivity index (χ0v) is 13.0. The average molecular weight is 304 g/mol. The highest BCUT2D eigenvalue weighted by Crippen LogP contribution is 2.26. The lowest BCUT2D eigenvalue weighted by atomic mass is 10.2.